The number of amides is 2. The van der Waals surface area contributed by atoms with Gasteiger partial charge in [0.1, 0.15) is 12.6 Å². The highest BCUT2D eigenvalue weighted by atomic mass is 35.5. The summed E-state index contributed by atoms with van der Waals surface area (Å²) in [6.45, 7) is 3.70. The van der Waals surface area contributed by atoms with E-state index in [9.17, 15) is 18.0 Å². The summed E-state index contributed by atoms with van der Waals surface area (Å²) in [5, 5.41) is 3.29. The van der Waals surface area contributed by atoms with Crippen molar-refractivity contribution in [3.8, 4) is 0 Å². The number of hydrogen-bond acceptors (Lipinski definition) is 4. The zero-order valence-electron chi connectivity index (χ0n) is 24.6. The second-order valence-electron chi connectivity index (χ2n) is 10.4. The third-order valence-corrected chi connectivity index (χ3v) is 9.41. The topological polar surface area (TPSA) is 86.8 Å². The lowest BCUT2D eigenvalue weighted by Gasteiger charge is -2.34. The van der Waals surface area contributed by atoms with Crippen molar-refractivity contribution in [2.24, 2.45) is 0 Å². The predicted molar refractivity (Wildman–Crippen MR) is 176 cm³/mol. The first-order valence-corrected chi connectivity index (χ1v) is 16.5. The molecule has 4 aromatic rings. The Labute approximate surface area is 269 Å². The average molecular weight is 653 g/mol. The van der Waals surface area contributed by atoms with Crippen molar-refractivity contribution in [2.45, 2.75) is 44.2 Å². The van der Waals surface area contributed by atoms with Gasteiger partial charge in [-0.3, -0.25) is 13.9 Å². The number of rotatable bonds is 13. The molecule has 0 aliphatic rings. The lowest BCUT2D eigenvalue weighted by atomic mass is 10.0. The largest absolute Gasteiger partial charge is 0.354 e. The summed E-state index contributed by atoms with van der Waals surface area (Å²) < 4.78 is 29.2. The van der Waals surface area contributed by atoms with Crippen LogP contribution in [-0.2, 0) is 32.6 Å². The molecule has 10 heteroatoms. The number of hydrogen-bond donors (Lipinski definition) is 1. The predicted octanol–water partition coefficient (Wildman–Crippen LogP) is 6.66. The van der Waals surface area contributed by atoms with E-state index in [1.807, 2.05) is 74.5 Å². The molecule has 0 saturated heterocycles. The normalized spacial score (nSPS) is 11.9. The highest BCUT2D eigenvalue weighted by Gasteiger charge is 2.35. The fraction of sp³-hybridized carbons (Fsp3) is 0.235. The van der Waals surface area contributed by atoms with Crippen LogP contribution in [0.15, 0.2) is 108 Å². The van der Waals surface area contributed by atoms with Crippen LogP contribution in [-0.4, -0.2) is 44.3 Å². The highest BCUT2D eigenvalue weighted by molar-refractivity contribution is 7.92. The Morgan fingerprint density at radius 1 is 0.841 bits per heavy atom. The molecule has 2 amide bonds. The van der Waals surface area contributed by atoms with Crippen molar-refractivity contribution in [3.05, 3.63) is 130 Å². The lowest BCUT2D eigenvalue weighted by Crippen LogP contribution is -2.53. The minimum atomic E-state index is -4.29. The maximum Gasteiger partial charge on any atom is 0.264 e. The molecule has 4 aromatic carbocycles. The van der Waals surface area contributed by atoms with Crippen LogP contribution in [0, 0.1) is 6.92 Å². The molecule has 0 aliphatic heterocycles. The van der Waals surface area contributed by atoms with Gasteiger partial charge in [-0.25, -0.2) is 8.42 Å². The van der Waals surface area contributed by atoms with Crippen LogP contribution in [0.3, 0.4) is 0 Å². The minimum absolute atomic E-state index is 0.0110. The Kier molecular flexibility index (Phi) is 11.4. The van der Waals surface area contributed by atoms with Gasteiger partial charge in [-0.2, -0.15) is 0 Å². The number of carbonyl (C=O) groups excluding carboxylic acids is 2. The molecule has 0 fully saturated rings. The van der Waals surface area contributed by atoms with E-state index in [0.717, 1.165) is 21.0 Å². The SMILES string of the molecule is CCCNC(=O)C(Cc1ccccc1)N(Cc1ccccc1)C(=O)CN(c1cc(Cl)ccc1Cl)S(=O)(=O)c1ccc(C)cc1. The number of nitrogens with one attached hydrogen (secondary N) is 1. The molecule has 44 heavy (non-hydrogen) atoms. The van der Waals surface area contributed by atoms with Crippen LogP contribution in [0.25, 0.3) is 0 Å². The van der Waals surface area contributed by atoms with Crippen LogP contribution in [0.1, 0.15) is 30.0 Å². The molecule has 230 valence electrons. The van der Waals surface area contributed by atoms with Crippen molar-refractivity contribution in [1.29, 1.82) is 0 Å². The Bertz CT molecular complexity index is 1670. The number of nitrogens with zero attached hydrogens (tertiary/aromatic N) is 2. The van der Waals surface area contributed by atoms with E-state index in [0.29, 0.717) is 13.0 Å². The van der Waals surface area contributed by atoms with E-state index >= 15 is 0 Å². The maximum absolute atomic E-state index is 14.4. The molecule has 4 rings (SSSR count). The number of sulfonamides is 1. The molecular weight excluding hydrogens is 617 g/mol. The summed E-state index contributed by atoms with van der Waals surface area (Å²) in [6, 6.07) is 28.6. The minimum Gasteiger partial charge on any atom is -0.354 e. The molecule has 0 spiro atoms. The molecule has 0 radical (unpaired) electrons. The van der Waals surface area contributed by atoms with Gasteiger partial charge in [0.2, 0.25) is 11.8 Å². The van der Waals surface area contributed by atoms with Gasteiger partial charge in [-0.15, -0.1) is 0 Å². The molecular formula is C34H35Cl2N3O4S. The standard InChI is InChI=1S/C34H35Cl2N3O4S/c1-3-20-37-34(41)32(21-26-10-6-4-7-11-26)38(23-27-12-8-5-9-13-27)33(40)24-39(31-22-28(35)16-19-30(31)36)44(42,43)29-17-14-25(2)15-18-29/h4-19,22,32H,3,20-21,23-24H2,1-2H3,(H,37,41). The van der Waals surface area contributed by atoms with Gasteiger partial charge in [0.25, 0.3) is 10.0 Å². The highest BCUT2D eigenvalue weighted by Crippen LogP contribution is 2.33. The Hall–Kier alpha value is -3.85. The number of benzene rings is 4. The summed E-state index contributed by atoms with van der Waals surface area (Å²) in [4.78, 5) is 29.5. The molecule has 0 aliphatic carbocycles. The lowest BCUT2D eigenvalue weighted by molar-refractivity contribution is -0.140. The van der Waals surface area contributed by atoms with Gasteiger partial charge in [-0.05, 0) is 54.8 Å². The number of anilines is 1. The Morgan fingerprint density at radius 2 is 1.45 bits per heavy atom. The molecule has 1 unspecified atom stereocenters. The van der Waals surface area contributed by atoms with Gasteiger partial charge < -0.3 is 10.2 Å². The van der Waals surface area contributed by atoms with E-state index in [-0.39, 0.29) is 39.5 Å². The van der Waals surface area contributed by atoms with E-state index < -0.39 is 28.5 Å². The van der Waals surface area contributed by atoms with E-state index in [1.54, 1.807) is 18.2 Å². The summed E-state index contributed by atoms with van der Waals surface area (Å²) in [7, 11) is -4.29. The van der Waals surface area contributed by atoms with Gasteiger partial charge in [0.15, 0.2) is 0 Å². The Balaban J connectivity index is 1.81. The van der Waals surface area contributed by atoms with Gasteiger partial charge in [-0.1, -0.05) is 108 Å². The van der Waals surface area contributed by atoms with Crippen LogP contribution >= 0.6 is 23.2 Å². The number of carbonyl (C=O) groups is 2. The van der Waals surface area contributed by atoms with Crippen molar-refractivity contribution in [2.75, 3.05) is 17.4 Å². The first-order valence-electron chi connectivity index (χ1n) is 14.3. The summed E-state index contributed by atoms with van der Waals surface area (Å²) in [5.74, 6) is -0.901. The summed E-state index contributed by atoms with van der Waals surface area (Å²) in [6.07, 6.45) is 0.948. The zero-order chi connectivity index (χ0) is 31.7. The smallest absolute Gasteiger partial charge is 0.264 e. The van der Waals surface area contributed by atoms with Crippen LogP contribution in [0.5, 0.6) is 0 Å². The third-order valence-electron chi connectivity index (χ3n) is 7.08. The van der Waals surface area contributed by atoms with Crippen LogP contribution in [0.2, 0.25) is 10.0 Å². The van der Waals surface area contributed by atoms with Crippen molar-refractivity contribution in [3.63, 3.8) is 0 Å². The number of halogens is 2. The molecule has 1 N–H and O–H groups in total. The van der Waals surface area contributed by atoms with Gasteiger partial charge in [0.05, 0.1) is 15.6 Å². The first kappa shape index (κ1) is 33.1. The van der Waals surface area contributed by atoms with Crippen LogP contribution < -0.4 is 9.62 Å². The molecule has 7 nitrogen and oxygen atoms in total. The molecule has 0 bridgehead atoms. The summed E-state index contributed by atoms with van der Waals surface area (Å²) in [5.41, 5.74) is 2.58. The average Bonchev–Trinajstić information content (AvgIpc) is 3.02. The second kappa shape index (κ2) is 15.2. The van der Waals surface area contributed by atoms with E-state index in [2.05, 4.69) is 5.32 Å². The molecule has 0 aromatic heterocycles. The second-order valence-corrected chi connectivity index (χ2v) is 13.1. The fourth-order valence-electron chi connectivity index (χ4n) is 4.73. The molecule has 1 atom stereocenters. The van der Waals surface area contributed by atoms with Crippen molar-refractivity contribution < 1.29 is 18.0 Å². The summed E-state index contributed by atoms with van der Waals surface area (Å²) >= 11 is 12.8. The first-order chi connectivity index (χ1) is 21.1. The monoisotopic (exact) mass is 651 g/mol. The Morgan fingerprint density at radius 3 is 2.07 bits per heavy atom. The van der Waals surface area contributed by atoms with E-state index in [1.165, 1.54) is 29.2 Å². The number of aryl methyl sites for hydroxylation is 1. The van der Waals surface area contributed by atoms with Crippen molar-refractivity contribution in [1.82, 2.24) is 10.2 Å². The van der Waals surface area contributed by atoms with Crippen molar-refractivity contribution >= 4 is 50.7 Å². The van der Waals surface area contributed by atoms with Crippen LogP contribution in [0.4, 0.5) is 5.69 Å². The maximum atomic E-state index is 14.4. The fourth-order valence-corrected chi connectivity index (χ4v) is 6.59. The zero-order valence-corrected chi connectivity index (χ0v) is 26.9. The molecule has 0 saturated carbocycles. The quantitative estimate of drug-likeness (QED) is 0.175. The third kappa shape index (κ3) is 8.40. The molecule has 0 heterocycles. The van der Waals surface area contributed by atoms with Gasteiger partial charge in [0, 0.05) is 24.5 Å². The van der Waals surface area contributed by atoms with E-state index in [4.69, 9.17) is 23.2 Å². The van der Waals surface area contributed by atoms with Gasteiger partial charge >= 0.3 is 0 Å².